The number of aromatic nitrogens is 2. The zero-order chi connectivity index (χ0) is 20.3. The van der Waals surface area contributed by atoms with Gasteiger partial charge >= 0.3 is 6.09 Å². The molecule has 3 rings (SSSR count). The van der Waals surface area contributed by atoms with Gasteiger partial charge in [0.25, 0.3) is 11.8 Å². The van der Waals surface area contributed by atoms with Crippen LogP contribution in [0, 0.1) is 0 Å². The third-order valence-corrected chi connectivity index (χ3v) is 4.73. The first-order valence-electron chi connectivity index (χ1n) is 9.58. The van der Waals surface area contributed by atoms with Crippen LogP contribution < -0.4 is 9.47 Å². The predicted molar refractivity (Wildman–Crippen MR) is 100 cm³/mol. The van der Waals surface area contributed by atoms with Gasteiger partial charge in [-0.2, -0.15) is 0 Å². The van der Waals surface area contributed by atoms with E-state index in [4.69, 9.17) is 14.2 Å². The van der Waals surface area contributed by atoms with Crippen LogP contribution >= 0.6 is 0 Å². The van der Waals surface area contributed by atoms with Crippen molar-refractivity contribution in [1.29, 1.82) is 0 Å². The van der Waals surface area contributed by atoms with Crippen molar-refractivity contribution in [2.24, 2.45) is 0 Å². The first-order chi connectivity index (χ1) is 13.3. The maximum atomic E-state index is 13.0. The summed E-state index contributed by atoms with van der Waals surface area (Å²) in [6, 6.07) is -0.473. The van der Waals surface area contributed by atoms with Crippen LogP contribution in [0.5, 0.6) is 11.8 Å². The van der Waals surface area contributed by atoms with Crippen LogP contribution in [-0.4, -0.2) is 76.3 Å². The van der Waals surface area contributed by atoms with E-state index in [1.54, 1.807) is 9.80 Å². The normalized spacial score (nSPS) is 22.3. The Balaban J connectivity index is 1.60. The molecule has 2 aliphatic heterocycles. The highest BCUT2D eigenvalue weighted by Crippen LogP contribution is 2.27. The molecular weight excluding hydrogens is 364 g/mol. The SMILES string of the molecule is COc1nccnc1OC1CCN(C(=O)C2CCCN2C(=O)OC(C)(C)C)C1. The Bertz CT molecular complexity index is 721. The Kier molecular flexibility index (Phi) is 5.90. The molecule has 2 amide bonds. The van der Waals surface area contributed by atoms with Crippen LogP contribution in [0.3, 0.4) is 0 Å². The quantitative estimate of drug-likeness (QED) is 0.772. The molecule has 0 aliphatic carbocycles. The summed E-state index contributed by atoms with van der Waals surface area (Å²) in [4.78, 5) is 37.0. The molecule has 2 saturated heterocycles. The first kappa shape index (κ1) is 20.2. The van der Waals surface area contributed by atoms with Crippen molar-refractivity contribution in [3.05, 3.63) is 12.4 Å². The number of likely N-dealkylation sites (tertiary alicyclic amines) is 2. The minimum absolute atomic E-state index is 0.0550. The Hall–Kier alpha value is -2.58. The molecule has 2 atom stereocenters. The molecule has 2 fully saturated rings. The van der Waals surface area contributed by atoms with E-state index in [0.717, 1.165) is 6.42 Å². The van der Waals surface area contributed by atoms with Gasteiger partial charge in [0.05, 0.1) is 13.7 Å². The van der Waals surface area contributed by atoms with Crippen molar-refractivity contribution in [2.45, 2.75) is 57.8 Å². The van der Waals surface area contributed by atoms with E-state index in [1.165, 1.54) is 19.5 Å². The second kappa shape index (κ2) is 8.20. The highest BCUT2D eigenvalue weighted by molar-refractivity contribution is 5.86. The minimum atomic E-state index is -0.588. The number of methoxy groups -OCH3 is 1. The van der Waals surface area contributed by atoms with Crippen LogP contribution in [0.2, 0.25) is 0 Å². The van der Waals surface area contributed by atoms with E-state index in [0.29, 0.717) is 44.2 Å². The third kappa shape index (κ3) is 4.63. The Morgan fingerprint density at radius 2 is 1.82 bits per heavy atom. The molecule has 9 nitrogen and oxygen atoms in total. The second-order valence-corrected chi connectivity index (χ2v) is 8.02. The van der Waals surface area contributed by atoms with Crippen molar-refractivity contribution in [2.75, 3.05) is 26.7 Å². The van der Waals surface area contributed by atoms with Crippen LogP contribution in [0.25, 0.3) is 0 Å². The van der Waals surface area contributed by atoms with Crippen molar-refractivity contribution >= 4 is 12.0 Å². The van der Waals surface area contributed by atoms with Crippen LogP contribution in [-0.2, 0) is 9.53 Å². The van der Waals surface area contributed by atoms with Gasteiger partial charge in [0.15, 0.2) is 0 Å². The molecular formula is C19H28N4O5. The third-order valence-electron chi connectivity index (χ3n) is 4.73. The van der Waals surface area contributed by atoms with E-state index in [-0.39, 0.29) is 12.0 Å². The lowest BCUT2D eigenvalue weighted by atomic mass is 10.2. The van der Waals surface area contributed by atoms with E-state index in [1.807, 2.05) is 20.8 Å². The number of hydrogen-bond acceptors (Lipinski definition) is 7. The predicted octanol–water partition coefficient (Wildman–Crippen LogP) is 1.86. The molecule has 0 bridgehead atoms. The number of ether oxygens (including phenoxy) is 3. The van der Waals surface area contributed by atoms with E-state index in [9.17, 15) is 9.59 Å². The van der Waals surface area contributed by atoms with Gasteiger partial charge in [-0.15, -0.1) is 0 Å². The lowest BCUT2D eigenvalue weighted by molar-refractivity contribution is -0.135. The van der Waals surface area contributed by atoms with Crippen LogP contribution in [0.15, 0.2) is 12.4 Å². The fourth-order valence-corrected chi connectivity index (χ4v) is 3.49. The van der Waals surface area contributed by atoms with Gasteiger partial charge in [0.1, 0.15) is 17.7 Å². The van der Waals surface area contributed by atoms with Crippen LogP contribution in [0.1, 0.15) is 40.0 Å². The molecule has 9 heteroatoms. The van der Waals surface area contributed by atoms with Gasteiger partial charge in [-0.3, -0.25) is 9.69 Å². The van der Waals surface area contributed by atoms with Gasteiger partial charge in [-0.05, 0) is 33.6 Å². The zero-order valence-electron chi connectivity index (χ0n) is 16.9. The molecule has 154 valence electrons. The minimum Gasteiger partial charge on any atom is -0.477 e. The summed E-state index contributed by atoms with van der Waals surface area (Å²) < 4.78 is 16.5. The summed E-state index contributed by atoms with van der Waals surface area (Å²) >= 11 is 0. The van der Waals surface area contributed by atoms with Gasteiger partial charge in [-0.1, -0.05) is 0 Å². The molecule has 28 heavy (non-hydrogen) atoms. The van der Waals surface area contributed by atoms with Crippen molar-refractivity contribution in [3.63, 3.8) is 0 Å². The fourth-order valence-electron chi connectivity index (χ4n) is 3.49. The largest absolute Gasteiger partial charge is 0.477 e. The summed E-state index contributed by atoms with van der Waals surface area (Å²) in [6.45, 7) is 7.01. The maximum Gasteiger partial charge on any atom is 0.410 e. The summed E-state index contributed by atoms with van der Waals surface area (Å²) in [6.07, 6.45) is 4.57. The van der Waals surface area contributed by atoms with E-state index < -0.39 is 17.7 Å². The molecule has 0 spiro atoms. The van der Waals surface area contributed by atoms with E-state index >= 15 is 0 Å². The summed E-state index contributed by atoms with van der Waals surface area (Å²) in [7, 11) is 1.51. The van der Waals surface area contributed by atoms with Gasteiger partial charge in [0, 0.05) is 31.9 Å². The first-order valence-corrected chi connectivity index (χ1v) is 9.58. The molecule has 0 saturated carbocycles. The number of carbonyl (C=O) groups is 2. The van der Waals surface area contributed by atoms with Crippen LogP contribution in [0.4, 0.5) is 4.79 Å². The van der Waals surface area contributed by atoms with Gasteiger partial charge in [0.2, 0.25) is 5.91 Å². The summed E-state index contributed by atoms with van der Waals surface area (Å²) in [5, 5.41) is 0. The Morgan fingerprint density at radius 1 is 1.11 bits per heavy atom. The number of nitrogens with zero attached hydrogens (tertiary/aromatic N) is 4. The average molecular weight is 392 g/mol. The average Bonchev–Trinajstić information content (AvgIpc) is 3.30. The molecule has 0 radical (unpaired) electrons. The van der Waals surface area contributed by atoms with E-state index in [2.05, 4.69) is 9.97 Å². The smallest absolute Gasteiger partial charge is 0.410 e. The summed E-state index contributed by atoms with van der Waals surface area (Å²) in [5.74, 6) is 0.584. The topological polar surface area (TPSA) is 94.1 Å². The van der Waals surface area contributed by atoms with Crippen molar-refractivity contribution < 1.29 is 23.8 Å². The fraction of sp³-hybridized carbons (Fsp3) is 0.684. The zero-order valence-corrected chi connectivity index (χ0v) is 16.9. The lowest BCUT2D eigenvalue weighted by Gasteiger charge is -2.30. The molecule has 3 heterocycles. The second-order valence-electron chi connectivity index (χ2n) is 8.02. The Morgan fingerprint density at radius 3 is 2.50 bits per heavy atom. The molecule has 1 aromatic rings. The number of hydrogen-bond donors (Lipinski definition) is 0. The standard InChI is InChI=1S/C19H28N4O5/c1-19(2,3)28-18(25)23-10-5-6-14(23)17(24)22-11-7-13(12-22)27-16-15(26-4)20-8-9-21-16/h8-9,13-14H,5-7,10-12H2,1-4H3. The molecule has 2 unspecified atom stereocenters. The monoisotopic (exact) mass is 392 g/mol. The van der Waals surface area contributed by atoms with Crippen molar-refractivity contribution in [1.82, 2.24) is 19.8 Å². The number of amides is 2. The number of carbonyl (C=O) groups excluding carboxylic acids is 2. The highest BCUT2D eigenvalue weighted by atomic mass is 16.6. The number of rotatable bonds is 4. The Labute approximate surface area is 165 Å². The molecule has 2 aliphatic rings. The molecule has 0 aromatic carbocycles. The van der Waals surface area contributed by atoms with Gasteiger partial charge in [-0.25, -0.2) is 14.8 Å². The molecule has 1 aromatic heterocycles. The lowest BCUT2D eigenvalue weighted by Crippen LogP contribution is -2.48. The summed E-state index contributed by atoms with van der Waals surface area (Å²) in [5.41, 5.74) is -0.588. The highest BCUT2D eigenvalue weighted by Gasteiger charge is 2.40. The van der Waals surface area contributed by atoms with Crippen molar-refractivity contribution in [3.8, 4) is 11.8 Å². The molecule has 0 N–H and O–H groups in total. The maximum absolute atomic E-state index is 13.0. The van der Waals surface area contributed by atoms with Gasteiger partial charge < -0.3 is 19.1 Å².